The number of ether oxygens (including phenoxy) is 4. The third kappa shape index (κ3) is 5.77. The molecule has 3 aliphatic rings. The van der Waals surface area contributed by atoms with E-state index in [9.17, 15) is 9.59 Å². The first-order valence-electron chi connectivity index (χ1n) is 14.3. The molecule has 11 heteroatoms. The van der Waals surface area contributed by atoms with Crippen LogP contribution < -0.4 is 23.8 Å². The van der Waals surface area contributed by atoms with Gasteiger partial charge in [0.25, 0.3) is 0 Å². The molecule has 11 nitrogen and oxygen atoms in total. The number of hydrogen-bond acceptors (Lipinski definition) is 9. The van der Waals surface area contributed by atoms with E-state index in [0.29, 0.717) is 61.4 Å². The van der Waals surface area contributed by atoms with Crippen LogP contribution in [0.1, 0.15) is 24.8 Å². The zero-order valence-electron chi connectivity index (χ0n) is 24.0. The minimum Gasteiger partial charge on any atom is -0.497 e. The maximum atomic E-state index is 13.4. The first-order valence-corrected chi connectivity index (χ1v) is 14.3. The molecule has 1 saturated heterocycles. The topological polar surface area (TPSA) is 107 Å². The van der Waals surface area contributed by atoms with Crippen molar-refractivity contribution in [3.63, 3.8) is 0 Å². The SMILES string of the molecule is COc1ccc(-c2ccc(N3CCN(C(=O)CN(Cc4ccc5c(c4)OCO5)C(=O)C4CCC4)CC3)nn2)c(OC)c1. The molecule has 0 radical (unpaired) electrons. The van der Waals surface area contributed by atoms with Crippen LogP contribution in [-0.4, -0.2) is 85.5 Å². The summed E-state index contributed by atoms with van der Waals surface area (Å²) in [6, 6.07) is 15.1. The second kappa shape index (κ2) is 12.1. The fraction of sp³-hybridized carbons (Fsp3) is 0.419. The third-order valence-corrected chi connectivity index (χ3v) is 8.19. The Kier molecular flexibility index (Phi) is 7.98. The Balaban J connectivity index is 1.07. The molecule has 1 aromatic heterocycles. The van der Waals surface area contributed by atoms with Gasteiger partial charge < -0.3 is 33.6 Å². The van der Waals surface area contributed by atoms with Gasteiger partial charge >= 0.3 is 0 Å². The van der Waals surface area contributed by atoms with E-state index in [0.717, 1.165) is 36.2 Å². The lowest BCUT2D eigenvalue weighted by Crippen LogP contribution is -2.52. The number of fused-ring (bicyclic) bond motifs is 1. The summed E-state index contributed by atoms with van der Waals surface area (Å²) in [6.07, 6.45) is 2.82. The second-order valence-corrected chi connectivity index (χ2v) is 10.7. The fourth-order valence-electron chi connectivity index (χ4n) is 5.48. The van der Waals surface area contributed by atoms with Crippen molar-refractivity contribution in [2.24, 2.45) is 5.92 Å². The van der Waals surface area contributed by atoms with Crippen LogP contribution in [0.2, 0.25) is 0 Å². The van der Waals surface area contributed by atoms with Crippen LogP contribution in [0.5, 0.6) is 23.0 Å². The van der Waals surface area contributed by atoms with E-state index in [1.165, 1.54) is 0 Å². The second-order valence-electron chi connectivity index (χ2n) is 10.7. The van der Waals surface area contributed by atoms with Crippen molar-refractivity contribution in [1.29, 1.82) is 0 Å². The van der Waals surface area contributed by atoms with Gasteiger partial charge in [0.1, 0.15) is 18.0 Å². The molecule has 0 unspecified atom stereocenters. The van der Waals surface area contributed by atoms with Crippen molar-refractivity contribution in [1.82, 2.24) is 20.0 Å². The quantitative estimate of drug-likeness (QED) is 0.381. The first-order chi connectivity index (χ1) is 20.5. The summed E-state index contributed by atoms with van der Waals surface area (Å²) in [4.78, 5) is 32.3. The predicted octanol–water partition coefficient (Wildman–Crippen LogP) is 3.37. The van der Waals surface area contributed by atoms with E-state index in [2.05, 4.69) is 15.1 Å². The zero-order chi connectivity index (χ0) is 29.1. The van der Waals surface area contributed by atoms with Gasteiger partial charge in [0, 0.05) is 50.3 Å². The molecule has 2 amide bonds. The van der Waals surface area contributed by atoms with Gasteiger partial charge in [-0.2, -0.15) is 0 Å². The van der Waals surface area contributed by atoms with Gasteiger partial charge in [-0.3, -0.25) is 9.59 Å². The predicted molar refractivity (Wildman–Crippen MR) is 155 cm³/mol. The number of rotatable bonds is 9. The zero-order valence-corrected chi connectivity index (χ0v) is 24.0. The van der Waals surface area contributed by atoms with Crippen LogP contribution in [0, 0.1) is 5.92 Å². The number of aromatic nitrogens is 2. The fourth-order valence-corrected chi connectivity index (χ4v) is 5.48. The van der Waals surface area contributed by atoms with Crippen LogP contribution in [-0.2, 0) is 16.1 Å². The Hall–Kier alpha value is -4.54. The summed E-state index contributed by atoms with van der Waals surface area (Å²) in [5.74, 6) is 3.49. The Morgan fingerprint density at radius 2 is 1.74 bits per heavy atom. The lowest BCUT2D eigenvalue weighted by atomic mass is 9.84. The molecule has 0 bridgehead atoms. The molecule has 6 rings (SSSR count). The highest BCUT2D eigenvalue weighted by molar-refractivity contribution is 5.86. The average molecular weight is 574 g/mol. The van der Waals surface area contributed by atoms with Crippen LogP contribution in [0.15, 0.2) is 48.5 Å². The van der Waals surface area contributed by atoms with Crippen LogP contribution in [0.25, 0.3) is 11.3 Å². The molecule has 3 heterocycles. The van der Waals surface area contributed by atoms with Crippen molar-refractivity contribution in [2.45, 2.75) is 25.8 Å². The summed E-state index contributed by atoms with van der Waals surface area (Å²) >= 11 is 0. The van der Waals surface area contributed by atoms with E-state index < -0.39 is 0 Å². The number of amides is 2. The molecule has 0 spiro atoms. The molecular weight excluding hydrogens is 538 g/mol. The van der Waals surface area contributed by atoms with E-state index in [-0.39, 0.29) is 31.1 Å². The molecular formula is C31H35N5O6. The molecule has 2 aromatic carbocycles. The maximum Gasteiger partial charge on any atom is 0.242 e. The molecule has 3 aromatic rings. The Labute approximate surface area is 244 Å². The van der Waals surface area contributed by atoms with Gasteiger partial charge in [-0.25, -0.2) is 0 Å². The highest BCUT2D eigenvalue weighted by atomic mass is 16.7. The Morgan fingerprint density at radius 3 is 2.43 bits per heavy atom. The number of anilines is 1. The van der Waals surface area contributed by atoms with Crippen molar-refractivity contribution >= 4 is 17.6 Å². The molecule has 0 N–H and O–H groups in total. The minimum atomic E-state index is -0.0453. The highest BCUT2D eigenvalue weighted by Crippen LogP contribution is 2.34. The number of carbonyl (C=O) groups is 2. The molecule has 220 valence electrons. The van der Waals surface area contributed by atoms with Gasteiger partial charge in [-0.1, -0.05) is 12.5 Å². The lowest BCUT2D eigenvalue weighted by Gasteiger charge is -2.37. The number of benzene rings is 2. The monoisotopic (exact) mass is 573 g/mol. The van der Waals surface area contributed by atoms with E-state index in [1.807, 2.05) is 53.4 Å². The number of methoxy groups -OCH3 is 2. The van der Waals surface area contributed by atoms with Gasteiger partial charge in [-0.15, -0.1) is 10.2 Å². The standard InChI is InChI=1S/C31H35N5O6/c1-39-23-7-8-24(27(17-23)40-2)25-9-11-29(33-32-25)34-12-14-35(15-13-34)30(37)19-36(31(38)22-4-3-5-22)18-21-6-10-26-28(16-21)42-20-41-26/h6-11,16-17,22H,3-5,12-15,18-20H2,1-2H3. The molecule has 1 saturated carbocycles. The number of nitrogens with zero attached hydrogens (tertiary/aromatic N) is 5. The molecule has 1 aliphatic carbocycles. The van der Waals surface area contributed by atoms with Crippen LogP contribution in [0.4, 0.5) is 5.82 Å². The number of piperazine rings is 1. The molecule has 42 heavy (non-hydrogen) atoms. The Morgan fingerprint density at radius 1 is 0.929 bits per heavy atom. The van der Waals surface area contributed by atoms with E-state index >= 15 is 0 Å². The van der Waals surface area contributed by atoms with Crippen molar-refractivity contribution in [3.8, 4) is 34.3 Å². The van der Waals surface area contributed by atoms with E-state index in [4.69, 9.17) is 18.9 Å². The lowest BCUT2D eigenvalue weighted by molar-refractivity contribution is -0.145. The normalized spacial score (nSPS) is 16.1. The largest absolute Gasteiger partial charge is 0.497 e. The van der Waals surface area contributed by atoms with Gasteiger partial charge in [-0.05, 0) is 54.8 Å². The summed E-state index contributed by atoms with van der Waals surface area (Å²) < 4.78 is 21.7. The number of carbonyl (C=O) groups excluding carboxylic acids is 2. The van der Waals surface area contributed by atoms with Gasteiger partial charge in [0.05, 0.1) is 19.9 Å². The first kappa shape index (κ1) is 27.6. The van der Waals surface area contributed by atoms with Crippen molar-refractivity contribution < 1.29 is 28.5 Å². The maximum absolute atomic E-state index is 13.4. The van der Waals surface area contributed by atoms with Gasteiger partial charge in [0.15, 0.2) is 17.3 Å². The van der Waals surface area contributed by atoms with Crippen molar-refractivity contribution in [3.05, 3.63) is 54.1 Å². The van der Waals surface area contributed by atoms with Crippen molar-refractivity contribution in [2.75, 3.05) is 58.6 Å². The summed E-state index contributed by atoms with van der Waals surface area (Å²) in [7, 11) is 3.23. The Bertz CT molecular complexity index is 1440. The number of hydrogen-bond donors (Lipinski definition) is 0. The average Bonchev–Trinajstić information content (AvgIpc) is 3.48. The molecule has 2 aliphatic heterocycles. The van der Waals surface area contributed by atoms with Crippen LogP contribution in [0.3, 0.4) is 0 Å². The third-order valence-electron chi connectivity index (χ3n) is 8.19. The highest BCUT2D eigenvalue weighted by Gasteiger charge is 2.32. The molecule has 2 fully saturated rings. The summed E-state index contributed by atoms with van der Waals surface area (Å²) in [5, 5.41) is 8.90. The smallest absolute Gasteiger partial charge is 0.242 e. The molecule has 0 atom stereocenters. The van der Waals surface area contributed by atoms with E-state index in [1.54, 1.807) is 19.1 Å². The van der Waals surface area contributed by atoms with Crippen LogP contribution >= 0.6 is 0 Å². The minimum absolute atomic E-state index is 0.00286. The summed E-state index contributed by atoms with van der Waals surface area (Å²) in [6.45, 7) is 2.96. The van der Waals surface area contributed by atoms with Gasteiger partial charge in [0.2, 0.25) is 18.6 Å². The summed E-state index contributed by atoms with van der Waals surface area (Å²) in [5.41, 5.74) is 2.44.